The molecule has 1 aromatic heterocycles. The summed E-state index contributed by atoms with van der Waals surface area (Å²) in [5, 5.41) is 18.4. The van der Waals surface area contributed by atoms with E-state index in [4.69, 9.17) is 5.11 Å². The van der Waals surface area contributed by atoms with E-state index in [-0.39, 0.29) is 12.5 Å². The first kappa shape index (κ1) is 20.9. The molecule has 0 aliphatic heterocycles. The zero-order valence-electron chi connectivity index (χ0n) is 15.3. The lowest BCUT2D eigenvalue weighted by Crippen LogP contribution is -2.41. The minimum Gasteiger partial charge on any atom is -0.396 e. The molecule has 25 heavy (non-hydrogen) atoms. The van der Waals surface area contributed by atoms with E-state index >= 15 is 0 Å². The van der Waals surface area contributed by atoms with Gasteiger partial charge in [-0.25, -0.2) is 0 Å². The van der Waals surface area contributed by atoms with Crippen LogP contribution in [0.5, 0.6) is 0 Å². The van der Waals surface area contributed by atoms with E-state index < -0.39 is 0 Å². The van der Waals surface area contributed by atoms with Crippen molar-refractivity contribution in [3.8, 4) is 0 Å². The number of nitrogens with one attached hydrogen (secondary N) is 3. The minimum absolute atomic E-state index is 0.136. The molecule has 0 saturated heterocycles. The fourth-order valence-electron chi connectivity index (χ4n) is 2.44. The third-order valence-electron chi connectivity index (χ3n) is 3.71. The number of aliphatic hydroxyl groups is 1. The summed E-state index contributed by atoms with van der Waals surface area (Å²) in [5.74, 6) is 0.996. The predicted molar refractivity (Wildman–Crippen MR) is 101 cm³/mol. The van der Waals surface area contributed by atoms with Crippen molar-refractivity contribution in [2.75, 3.05) is 32.8 Å². The highest BCUT2D eigenvalue weighted by atomic mass is 16.3. The molecule has 4 N–H and O–H groups in total. The van der Waals surface area contributed by atoms with Crippen LogP contribution in [0.3, 0.4) is 0 Å². The van der Waals surface area contributed by atoms with Gasteiger partial charge >= 0.3 is 0 Å². The van der Waals surface area contributed by atoms with Crippen molar-refractivity contribution in [1.29, 1.82) is 0 Å². The van der Waals surface area contributed by atoms with Gasteiger partial charge in [-0.2, -0.15) is 0 Å². The summed E-state index contributed by atoms with van der Waals surface area (Å²) in [5.41, 5.74) is 0.550. The number of nitrogens with zero attached hydrogens (tertiary/aromatic N) is 2. The molecule has 0 aliphatic rings. The Bertz CT molecular complexity index is 501. The lowest BCUT2D eigenvalue weighted by Gasteiger charge is -2.15. The average molecular weight is 349 g/mol. The summed E-state index contributed by atoms with van der Waals surface area (Å²) in [7, 11) is 0. The molecule has 1 unspecified atom stereocenters. The normalized spacial score (nSPS) is 12.5. The second-order valence-electron chi connectivity index (χ2n) is 5.81. The first-order valence-corrected chi connectivity index (χ1v) is 9.02. The van der Waals surface area contributed by atoms with Crippen LogP contribution in [0.2, 0.25) is 0 Å². The number of carbonyl (C=O) groups is 1. The monoisotopic (exact) mass is 349 g/mol. The predicted octanol–water partition coefficient (Wildman–Crippen LogP) is 1.17. The molecule has 0 fully saturated rings. The van der Waals surface area contributed by atoms with E-state index in [0.29, 0.717) is 31.1 Å². The summed E-state index contributed by atoms with van der Waals surface area (Å²) in [6.07, 6.45) is 6.11. The maximum absolute atomic E-state index is 11.9. The van der Waals surface area contributed by atoms with Gasteiger partial charge in [-0.3, -0.25) is 14.8 Å². The topological polar surface area (TPSA) is 98.6 Å². The number of amides is 1. The number of guanidine groups is 1. The number of aliphatic imine (C=N–C) groups is 1. The molecular formula is C18H31N5O2. The quantitative estimate of drug-likeness (QED) is 0.273. The maximum Gasteiger partial charge on any atom is 0.252 e. The Morgan fingerprint density at radius 2 is 2.04 bits per heavy atom. The van der Waals surface area contributed by atoms with Crippen LogP contribution in [0.25, 0.3) is 0 Å². The van der Waals surface area contributed by atoms with Gasteiger partial charge < -0.3 is 21.1 Å². The summed E-state index contributed by atoms with van der Waals surface area (Å²) < 4.78 is 0. The molecule has 1 rings (SSSR count). The van der Waals surface area contributed by atoms with Gasteiger partial charge in [-0.05, 0) is 37.8 Å². The number of hydrogen-bond acceptors (Lipinski definition) is 4. The fourth-order valence-corrected chi connectivity index (χ4v) is 2.44. The minimum atomic E-state index is -0.136. The van der Waals surface area contributed by atoms with E-state index in [1.807, 2.05) is 6.92 Å². The van der Waals surface area contributed by atoms with Crippen LogP contribution >= 0.6 is 0 Å². The molecule has 1 amide bonds. The lowest BCUT2D eigenvalue weighted by molar-refractivity contribution is 0.0954. The van der Waals surface area contributed by atoms with E-state index in [1.54, 1.807) is 24.5 Å². The molecule has 0 aromatic carbocycles. The summed E-state index contributed by atoms with van der Waals surface area (Å²) in [4.78, 5) is 20.4. The second kappa shape index (κ2) is 13.2. The molecule has 7 heteroatoms. The number of aromatic nitrogens is 1. The van der Waals surface area contributed by atoms with Gasteiger partial charge in [-0.15, -0.1) is 0 Å². The zero-order valence-corrected chi connectivity index (χ0v) is 15.3. The Balaban J connectivity index is 2.38. The fraction of sp³-hybridized carbons (Fsp3) is 0.611. The standard InChI is InChI=1S/C18H31N5O2/c1-3-6-15(8-12-24)13-23-18(20-4-2)22-11-10-21-17(25)16-7-5-9-19-14-16/h5,7,9,14-15,24H,3-4,6,8,10-13H2,1-2H3,(H,21,25)(H2,20,22,23). The van der Waals surface area contributed by atoms with Gasteiger partial charge in [0.05, 0.1) is 5.56 Å². The first-order chi connectivity index (χ1) is 12.2. The van der Waals surface area contributed by atoms with Gasteiger partial charge in [-0.1, -0.05) is 13.3 Å². The van der Waals surface area contributed by atoms with Crippen molar-refractivity contribution in [1.82, 2.24) is 20.9 Å². The molecule has 140 valence electrons. The Morgan fingerprint density at radius 3 is 2.68 bits per heavy atom. The zero-order chi connectivity index (χ0) is 18.3. The highest BCUT2D eigenvalue weighted by Crippen LogP contribution is 2.10. The molecule has 1 heterocycles. The Morgan fingerprint density at radius 1 is 1.24 bits per heavy atom. The average Bonchev–Trinajstić information content (AvgIpc) is 2.63. The van der Waals surface area contributed by atoms with Crippen molar-refractivity contribution >= 4 is 11.9 Å². The molecule has 0 radical (unpaired) electrons. The van der Waals surface area contributed by atoms with Crippen LogP contribution in [0.15, 0.2) is 29.5 Å². The molecule has 0 spiro atoms. The van der Waals surface area contributed by atoms with Gasteiger partial charge in [0, 0.05) is 45.2 Å². The van der Waals surface area contributed by atoms with Crippen LogP contribution in [0.1, 0.15) is 43.5 Å². The number of rotatable bonds is 11. The molecular weight excluding hydrogens is 318 g/mol. The summed E-state index contributed by atoms with van der Waals surface area (Å²) in [6, 6.07) is 3.47. The van der Waals surface area contributed by atoms with E-state index in [2.05, 4.69) is 32.9 Å². The Labute approximate surface area is 150 Å². The van der Waals surface area contributed by atoms with Crippen LogP contribution < -0.4 is 16.0 Å². The number of carbonyl (C=O) groups excluding carboxylic acids is 1. The molecule has 1 aromatic rings. The smallest absolute Gasteiger partial charge is 0.252 e. The molecule has 1 atom stereocenters. The van der Waals surface area contributed by atoms with Crippen molar-refractivity contribution in [3.05, 3.63) is 30.1 Å². The molecule has 0 aliphatic carbocycles. The molecule has 7 nitrogen and oxygen atoms in total. The lowest BCUT2D eigenvalue weighted by atomic mass is 10.0. The Kier molecular flexibility index (Phi) is 11.0. The van der Waals surface area contributed by atoms with Crippen molar-refractivity contribution in [3.63, 3.8) is 0 Å². The van der Waals surface area contributed by atoms with Gasteiger partial charge in [0.2, 0.25) is 0 Å². The van der Waals surface area contributed by atoms with Crippen molar-refractivity contribution < 1.29 is 9.90 Å². The van der Waals surface area contributed by atoms with Crippen LogP contribution in [-0.2, 0) is 0 Å². The van der Waals surface area contributed by atoms with Gasteiger partial charge in [0.25, 0.3) is 5.91 Å². The van der Waals surface area contributed by atoms with E-state index in [9.17, 15) is 4.79 Å². The number of pyridine rings is 1. The van der Waals surface area contributed by atoms with E-state index in [1.165, 1.54) is 0 Å². The maximum atomic E-state index is 11.9. The molecule has 0 saturated carbocycles. The number of aliphatic hydroxyl groups excluding tert-OH is 1. The Hall–Kier alpha value is -2.15. The third kappa shape index (κ3) is 9.05. The van der Waals surface area contributed by atoms with Crippen LogP contribution in [-0.4, -0.2) is 54.7 Å². The third-order valence-corrected chi connectivity index (χ3v) is 3.71. The van der Waals surface area contributed by atoms with Crippen LogP contribution in [0, 0.1) is 5.92 Å². The van der Waals surface area contributed by atoms with E-state index in [0.717, 1.165) is 31.8 Å². The van der Waals surface area contributed by atoms with Crippen molar-refractivity contribution in [2.24, 2.45) is 10.9 Å². The van der Waals surface area contributed by atoms with Crippen LogP contribution in [0.4, 0.5) is 0 Å². The highest BCUT2D eigenvalue weighted by Gasteiger charge is 2.07. The second-order valence-corrected chi connectivity index (χ2v) is 5.81. The number of hydrogen-bond donors (Lipinski definition) is 4. The van der Waals surface area contributed by atoms with Crippen molar-refractivity contribution in [2.45, 2.75) is 33.1 Å². The van der Waals surface area contributed by atoms with Gasteiger partial charge in [0.15, 0.2) is 5.96 Å². The molecule has 0 bridgehead atoms. The van der Waals surface area contributed by atoms with Gasteiger partial charge in [0.1, 0.15) is 0 Å². The SMILES string of the molecule is CCCC(CCO)CN=C(NCC)NCCNC(=O)c1cccnc1. The largest absolute Gasteiger partial charge is 0.396 e. The first-order valence-electron chi connectivity index (χ1n) is 9.02. The summed E-state index contributed by atoms with van der Waals surface area (Å²) in [6.45, 7) is 6.88. The summed E-state index contributed by atoms with van der Waals surface area (Å²) >= 11 is 0. The highest BCUT2D eigenvalue weighted by molar-refractivity contribution is 5.93.